The van der Waals surface area contributed by atoms with E-state index >= 15 is 0 Å². The minimum Gasteiger partial charge on any atom is -0.482 e. The lowest BCUT2D eigenvalue weighted by molar-refractivity contribution is -0.139. The van der Waals surface area contributed by atoms with Crippen molar-refractivity contribution in [2.24, 2.45) is 5.10 Å². The molecular formula is C16H16N4O3S. The Morgan fingerprint density at radius 1 is 1.54 bits per heavy atom. The van der Waals surface area contributed by atoms with Gasteiger partial charge in [0, 0.05) is 12.3 Å². The molecule has 0 aromatic carbocycles. The molecule has 2 N–H and O–H groups in total. The maximum Gasteiger partial charge on any atom is 0.341 e. The standard InChI is InChI=1S/C16H16N4O3S/c1-10(13-8-11(6-7-17-13)23-9-15(21)22)19-20-16-18-12-4-2-3-5-14(12)24-16/h3,5-8H,2,4,9H2,1H3,(H,18,20)(H,21,22)/b19-10+. The Morgan fingerprint density at radius 2 is 2.42 bits per heavy atom. The van der Waals surface area contributed by atoms with E-state index in [2.05, 4.69) is 32.6 Å². The maximum absolute atomic E-state index is 10.5. The maximum atomic E-state index is 10.5. The third-order valence-electron chi connectivity index (χ3n) is 3.33. The van der Waals surface area contributed by atoms with Gasteiger partial charge in [-0.1, -0.05) is 17.4 Å². The van der Waals surface area contributed by atoms with Crippen LogP contribution in [-0.4, -0.2) is 33.4 Å². The largest absolute Gasteiger partial charge is 0.482 e. The molecule has 24 heavy (non-hydrogen) atoms. The summed E-state index contributed by atoms with van der Waals surface area (Å²) in [6.45, 7) is 1.42. The minimum absolute atomic E-state index is 0.393. The smallest absolute Gasteiger partial charge is 0.341 e. The molecule has 0 spiro atoms. The van der Waals surface area contributed by atoms with Gasteiger partial charge in [0.15, 0.2) is 6.61 Å². The summed E-state index contributed by atoms with van der Waals surface area (Å²) in [4.78, 5) is 20.5. The fraction of sp³-hybridized carbons (Fsp3) is 0.250. The zero-order chi connectivity index (χ0) is 16.9. The van der Waals surface area contributed by atoms with E-state index in [0.717, 1.165) is 23.7 Å². The molecule has 0 saturated carbocycles. The van der Waals surface area contributed by atoms with Crippen LogP contribution in [0.25, 0.3) is 6.08 Å². The lowest BCUT2D eigenvalue weighted by atomic mass is 10.1. The third-order valence-corrected chi connectivity index (χ3v) is 4.30. The molecule has 2 aromatic rings. The SMILES string of the molecule is C/C(=N\Nc1nc2c(s1)C=CCC2)c1cc(OCC(=O)O)ccn1. The average molecular weight is 344 g/mol. The molecule has 7 nitrogen and oxygen atoms in total. The van der Waals surface area contributed by atoms with Crippen molar-refractivity contribution in [2.75, 3.05) is 12.0 Å². The summed E-state index contributed by atoms with van der Waals surface area (Å²) in [5, 5.41) is 13.7. The molecule has 0 fully saturated rings. The van der Waals surface area contributed by atoms with Crippen LogP contribution < -0.4 is 10.2 Å². The number of thiazole rings is 1. The number of hydrazone groups is 1. The lowest BCUT2D eigenvalue weighted by Gasteiger charge is -2.05. The van der Waals surface area contributed by atoms with Gasteiger partial charge < -0.3 is 9.84 Å². The number of aromatic nitrogens is 2. The van der Waals surface area contributed by atoms with Gasteiger partial charge in [0.1, 0.15) is 5.75 Å². The summed E-state index contributed by atoms with van der Waals surface area (Å²) in [6.07, 6.45) is 7.76. The number of carboxylic acid groups (broad SMARTS) is 1. The molecule has 2 heterocycles. The first-order valence-corrected chi connectivity index (χ1v) is 8.21. The molecule has 0 radical (unpaired) electrons. The highest BCUT2D eigenvalue weighted by atomic mass is 32.1. The van der Waals surface area contributed by atoms with Gasteiger partial charge in [0.25, 0.3) is 0 Å². The van der Waals surface area contributed by atoms with Gasteiger partial charge in [-0.05, 0) is 31.9 Å². The molecule has 0 unspecified atom stereocenters. The van der Waals surface area contributed by atoms with E-state index < -0.39 is 12.6 Å². The minimum atomic E-state index is -1.03. The predicted octanol–water partition coefficient (Wildman–Crippen LogP) is 2.80. The average Bonchev–Trinajstić information content (AvgIpc) is 3.01. The number of hydrogen-bond acceptors (Lipinski definition) is 7. The summed E-state index contributed by atoms with van der Waals surface area (Å²) >= 11 is 1.56. The summed E-state index contributed by atoms with van der Waals surface area (Å²) in [5.41, 5.74) is 5.31. The van der Waals surface area contributed by atoms with Crippen LogP contribution in [0.3, 0.4) is 0 Å². The van der Waals surface area contributed by atoms with Crippen molar-refractivity contribution in [1.29, 1.82) is 0 Å². The van der Waals surface area contributed by atoms with Crippen LogP contribution in [0.1, 0.15) is 29.6 Å². The van der Waals surface area contributed by atoms with Gasteiger partial charge in [-0.25, -0.2) is 9.78 Å². The van der Waals surface area contributed by atoms with Crippen LogP contribution in [-0.2, 0) is 11.2 Å². The number of allylic oxidation sites excluding steroid dienone is 1. The molecule has 0 aliphatic heterocycles. The Hall–Kier alpha value is -2.74. The highest BCUT2D eigenvalue weighted by Crippen LogP contribution is 2.28. The number of carboxylic acids is 1. The van der Waals surface area contributed by atoms with Gasteiger partial charge in [0.05, 0.1) is 22.0 Å². The van der Waals surface area contributed by atoms with Gasteiger partial charge in [-0.15, -0.1) is 0 Å². The number of anilines is 1. The molecule has 0 saturated heterocycles. The van der Waals surface area contributed by atoms with Crippen molar-refractivity contribution in [3.8, 4) is 5.75 Å². The van der Waals surface area contributed by atoms with E-state index in [-0.39, 0.29) is 0 Å². The predicted molar refractivity (Wildman–Crippen MR) is 92.7 cm³/mol. The van der Waals surface area contributed by atoms with Gasteiger partial charge in [-0.2, -0.15) is 5.10 Å². The summed E-state index contributed by atoms with van der Waals surface area (Å²) < 4.78 is 5.14. The van der Waals surface area contributed by atoms with Crippen molar-refractivity contribution in [2.45, 2.75) is 19.8 Å². The van der Waals surface area contributed by atoms with Crippen LogP contribution in [0.2, 0.25) is 0 Å². The fourth-order valence-corrected chi connectivity index (χ4v) is 3.05. The Bertz CT molecular complexity index is 813. The molecule has 124 valence electrons. The van der Waals surface area contributed by atoms with E-state index in [9.17, 15) is 4.79 Å². The number of ether oxygens (including phenoxy) is 1. The molecular weight excluding hydrogens is 328 g/mol. The van der Waals surface area contributed by atoms with E-state index in [1.807, 2.05) is 6.92 Å². The van der Waals surface area contributed by atoms with Crippen LogP contribution in [0, 0.1) is 0 Å². The first kappa shape index (κ1) is 16.1. The lowest BCUT2D eigenvalue weighted by Crippen LogP contribution is -2.10. The van der Waals surface area contributed by atoms with Crippen molar-refractivity contribution >= 4 is 34.2 Å². The molecule has 0 atom stereocenters. The molecule has 0 bridgehead atoms. The van der Waals surface area contributed by atoms with E-state index in [4.69, 9.17) is 9.84 Å². The quantitative estimate of drug-likeness (QED) is 0.618. The fourth-order valence-electron chi connectivity index (χ4n) is 2.16. The number of nitrogens with one attached hydrogen (secondary N) is 1. The Labute approximate surface area is 142 Å². The van der Waals surface area contributed by atoms with E-state index in [1.165, 1.54) is 4.88 Å². The van der Waals surface area contributed by atoms with E-state index in [0.29, 0.717) is 17.2 Å². The second-order valence-corrected chi connectivity index (χ2v) is 6.17. The highest BCUT2D eigenvalue weighted by molar-refractivity contribution is 7.16. The van der Waals surface area contributed by atoms with Crippen molar-refractivity contribution in [3.05, 3.63) is 40.7 Å². The summed E-state index contributed by atoms with van der Waals surface area (Å²) in [6, 6.07) is 3.26. The monoisotopic (exact) mass is 344 g/mol. The molecule has 1 aliphatic rings. The van der Waals surface area contributed by atoms with Crippen LogP contribution >= 0.6 is 11.3 Å². The number of hydrogen-bond donors (Lipinski definition) is 2. The zero-order valence-electron chi connectivity index (χ0n) is 13.0. The Balaban J connectivity index is 1.69. The number of aryl methyl sites for hydroxylation is 1. The molecule has 8 heteroatoms. The van der Waals surface area contributed by atoms with Gasteiger partial charge in [0.2, 0.25) is 5.13 Å². The second kappa shape index (κ2) is 7.22. The summed E-state index contributed by atoms with van der Waals surface area (Å²) in [7, 11) is 0. The number of aliphatic carboxylic acids is 1. The van der Waals surface area contributed by atoms with Crippen molar-refractivity contribution in [1.82, 2.24) is 9.97 Å². The van der Waals surface area contributed by atoms with E-state index in [1.54, 1.807) is 29.7 Å². The van der Waals surface area contributed by atoms with Crippen LogP contribution in [0.4, 0.5) is 5.13 Å². The normalized spacial score (nSPS) is 13.5. The number of rotatable bonds is 6. The first-order chi connectivity index (χ1) is 11.6. The van der Waals surface area contributed by atoms with Crippen molar-refractivity contribution < 1.29 is 14.6 Å². The van der Waals surface area contributed by atoms with Crippen LogP contribution in [0.5, 0.6) is 5.75 Å². The van der Waals surface area contributed by atoms with Gasteiger partial charge in [-0.3, -0.25) is 10.4 Å². The molecule has 1 aliphatic carbocycles. The highest BCUT2D eigenvalue weighted by Gasteiger charge is 2.11. The topological polar surface area (TPSA) is 96.7 Å². The number of nitrogens with zero attached hydrogens (tertiary/aromatic N) is 3. The second-order valence-electron chi connectivity index (χ2n) is 5.14. The number of carbonyl (C=O) groups is 1. The first-order valence-electron chi connectivity index (χ1n) is 7.39. The number of pyridine rings is 1. The third kappa shape index (κ3) is 3.96. The van der Waals surface area contributed by atoms with Crippen molar-refractivity contribution in [3.63, 3.8) is 0 Å². The molecule has 2 aromatic heterocycles. The Kier molecular flexibility index (Phi) is 4.85. The molecule has 3 rings (SSSR count). The van der Waals surface area contributed by atoms with Crippen LogP contribution in [0.15, 0.2) is 29.5 Å². The Morgan fingerprint density at radius 3 is 3.21 bits per heavy atom. The number of fused-ring (bicyclic) bond motifs is 1. The summed E-state index contributed by atoms with van der Waals surface area (Å²) in [5.74, 6) is -0.589. The van der Waals surface area contributed by atoms with Gasteiger partial charge >= 0.3 is 5.97 Å². The molecule has 0 amide bonds. The zero-order valence-corrected chi connectivity index (χ0v) is 13.8.